The van der Waals surface area contributed by atoms with E-state index >= 15 is 0 Å². The Hall–Kier alpha value is 1.35. The topological polar surface area (TPSA) is 35.5 Å². The molecular weight excluding hydrogens is 428 g/mol. The van der Waals surface area contributed by atoms with Crippen LogP contribution in [0.4, 0.5) is 0 Å². The van der Waals surface area contributed by atoms with Crippen LogP contribution >= 0.6 is 63.7 Å². The predicted octanol–water partition coefficient (Wildman–Crippen LogP) is 2.49. The van der Waals surface area contributed by atoms with E-state index in [4.69, 9.17) is 9.47 Å². The Morgan fingerprint density at radius 3 is 2.25 bits per heavy atom. The maximum atomic E-state index is 11.0. The van der Waals surface area contributed by atoms with Gasteiger partial charge in [0.15, 0.2) is 8.25 Å². The van der Waals surface area contributed by atoms with E-state index in [-0.39, 0.29) is 5.97 Å². The lowest BCUT2D eigenvalue weighted by Crippen LogP contribution is -2.25. The van der Waals surface area contributed by atoms with Crippen LogP contribution in [0.25, 0.3) is 0 Å². The van der Waals surface area contributed by atoms with Gasteiger partial charge in [-0.2, -0.15) is 0 Å². The Morgan fingerprint density at radius 2 is 2.00 bits per heavy atom. The van der Waals surface area contributed by atoms with Gasteiger partial charge in [0, 0.05) is 5.33 Å². The number of carbonyl (C=O) groups excluding carboxylic acids is 1. The summed E-state index contributed by atoms with van der Waals surface area (Å²) in [6.07, 6.45) is -1.19. The van der Waals surface area contributed by atoms with Crippen molar-refractivity contribution in [2.75, 3.05) is 5.33 Å². The van der Waals surface area contributed by atoms with Crippen molar-refractivity contribution in [2.45, 2.75) is 14.5 Å². The summed E-state index contributed by atoms with van der Waals surface area (Å²) in [5.41, 5.74) is 0. The summed E-state index contributed by atoms with van der Waals surface area (Å²) in [5, 5.41) is 0.436. The summed E-state index contributed by atoms with van der Waals surface area (Å²) in [6, 6.07) is 0. The van der Waals surface area contributed by atoms with Gasteiger partial charge in [-0.25, -0.2) is 4.79 Å². The highest BCUT2D eigenvalue weighted by atomic mass is 80.0. The second kappa shape index (κ2) is 4.25. The molecule has 1 saturated heterocycles. The number of hydrogen-bond acceptors (Lipinski definition) is 3. The molecule has 1 rings (SSSR count). The largest absolute Gasteiger partial charge is 0.430 e. The van der Waals surface area contributed by atoms with Gasteiger partial charge in [-0.1, -0.05) is 63.7 Å². The second-order valence-electron chi connectivity index (χ2n) is 2.09. The maximum Gasteiger partial charge on any atom is 0.338 e. The van der Waals surface area contributed by atoms with Crippen molar-refractivity contribution in [1.82, 2.24) is 0 Å². The third-order valence-corrected chi connectivity index (χ3v) is 2.89. The molecule has 0 bridgehead atoms. The number of alkyl halides is 4. The molecule has 1 aliphatic heterocycles. The molecule has 0 radical (unpaired) electrons. The minimum absolute atomic E-state index is 0.361. The number of rotatable bonds is 1. The Morgan fingerprint density at radius 1 is 1.42 bits per heavy atom. The Balaban J connectivity index is 2.60. The highest BCUT2D eigenvalue weighted by Gasteiger charge is 2.44. The first-order valence-electron chi connectivity index (χ1n) is 2.94. The van der Waals surface area contributed by atoms with Gasteiger partial charge in [0.25, 0.3) is 0 Å². The van der Waals surface area contributed by atoms with E-state index in [2.05, 4.69) is 63.7 Å². The van der Waals surface area contributed by atoms with E-state index in [0.29, 0.717) is 5.33 Å². The van der Waals surface area contributed by atoms with Crippen molar-refractivity contribution in [2.24, 2.45) is 0 Å². The fourth-order valence-corrected chi connectivity index (χ4v) is 1.68. The normalized spacial score (nSPS) is 30.5. The van der Waals surface area contributed by atoms with Crippen LogP contribution in [-0.4, -0.2) is 25.8 Å². The molecular formula is C5H4Br4O3. The molecule has 7 heteroatoms. The first-order valence-corrected chi connectivity index (χ1v) is 6.44. The third kappa shape index (κ3) is 2.67. The van der Waals surface area contributed by atoms with Gasteiger partial charge in [0.1, 0.15) is 0 Å². The molecule has 1 heterocycles. The average molecular weight is 432 g/mol. The second-order valence-corrected chi connectivity index (χ2v) is 9.68. The lowest BCUT2D eigenvalue weighted by atomic mass is 10.4. The smallest absolute Gasteiger partial charge is 0.338 e. The Bertz CT molecular complexity index is 190. The fourth-order valence-electron chi connectivity index (χ4n) is 0.657. The summed E-state index contributed by atoms with van der Waals surface area (Å²) in [7, 11) is 0. The average Bonchev–Trinajstić information content (AvgIpc) is 2.29. The lowest BCUT2D eigenvalue weighted by Gasteiger charge is -2.17. The molecule has 1 fully saturated rings. The monoisotopic (exact) mass is 428 g/mol. The minimum Gasteiger partial charge on any atom is -0.430 e. The van der Waals surface area contributed by atoms with Crippen LogP contribution in [-0.2, 0) is 14.3 Å². The summed E-state index contributed by atoms with van der Waals surface area (Å²) >= 11 is 12.8. The maximum absolute atomic E-state index is 11.0. The number of halogens is 4. The van der Waals surface area contributed by atoms with Crippen LogP contribution in [0.1, 0.15) is 0 Å². The first kappa shape index (κ1) is 11.4. The van der Waals surface area contributed by atoms with Gasteiger partial charge in [-0.3, -0.25) is 0 Å². The van der Waals surface area contributed by atoms with Crippen LogP contribution < -0.4 is 0 Å². The third-order valence-electron chi connectivity index (χ3n) is 1.18. The molecule has 0 aliphatic carbocycles. The highest BCUT2D eigenvalue weighted by molar-refractivity contribution is 9.39. The van der Waals surface area contributed by atoms with Gasteiger partial charge < -0.3 is 9.47 Å². The van der Waals surface area contributed by atoms with E-state index in [1.807, 2.05) is 0 Å². The van der Waals surface area contributed by atoms with E-state index in [9.17, 15) is 4.79 Å². The molecule has 0 amide bonds. The molecule has 0 saturated carbocycles. The van der Waals surface area contributed by atoms with Crippen LogP contribution in [0, 0.1) is 0 Å². The van der Waals surface area contributed by atoms with Crippen LogP contribution in [0.15, 0.2) is 0 Å². The van der Waals surface area contributed by atoms with Crippen molar-refractivity contribution in [1.29, 1.82) is 0 Å². The molecule has 0 aromatic rings. The minimum atomic E-state index is -0.709. The summed E-state index contributed by atoms with van der Waals surface area (Å²) in [5.74, 6) is -0.361. The van der Waals surface area contributed by atoms with Gasteiger partial charge in [-0.15, -0.1) is 0 Å². The van der Waals surface area contributed by atoms with E-state index in [0.717, 1.165) is 0 Å². The van der Waals surface area contributed by atoms with Crippen molar-refractivity contribution in [3.63, 3.8) is 0 Å². The van der Waals surface area contributed by atoms with Crippen molar-refractivity contribution < 1.29 is 14.3 Å². The number of carbonyl (C=O) groups is 1. The predicted molar refractivity (Wildman–Crippen MR) is 58.1 cm³/mol. The number of esters is 1. The molecule has 0 N–H and O–H groups in total. The van der Waals surface area contributed by atoms with Crippen LogP contribution in [0.5, 0.6) is 0 Å². The van der Waals surface area contributed by atoms with Crippen molar-refractivity contribution in [3.8, 4) is 0 Å². The summed E-state index contributed by atoms with van der Waals surface area (Å²) < 4.78 is 9.42. The molecule has 3 nitrogen and oxygen atoms in total. The molecule has 1 aliphatic rings. The van der Waals surface area contributed by atoms with Crippen LogP contribution in [0.2, 0.25) is 0 Å². The van der Waals surface area contributed by atoms with E-state index in [1.165, 1.54) is 0 Å². The molecule has 0 aromatic heterocycles. The molecule has 0 spiro atoms. The van der Waals surface area contributed by atoms with Gasteiger partial charge in [0.2, 0.25) is 6.29 Å². The van der Waals surface area contributed by atoms with Crippen molar-refractivity contribution >= 4 is 69.7 Å². The molecule has 0 aromatic carbocycles. The quantitative estimate of drug-likeness (QED) is 0.473. The zero-order valence-electron chi connectivity index (χ0n) is 5.60. The van der Waals surface area contributed by atoms with Crippen LogP contribution in [0.3, 0.4) is 0 Å². The number of cyclic esters (lactones) is 1. The van der Waals surface area contributed by atoms with Gasteiger partial charge >= 0.3 is 5.97 Å². The SMILES string of the molecule is O=C1OC(C(Br)(Br)Br)O[C@H]1CBr. The van der Waals surface area contributed by atoms with Gasteiger partial charge in [0.05, 0.1) is 0 Å². The van der Waals surface area contributed by atoms with Crippen molar-refractivity contribution in [3.05, 3.63) is 0 Å². The zero-order valence-corrected chi connectivity index (χ0v) is 11.9. The lowest BCUT2D eigenvalue weighted by molar-refractivity contribution is -0.142. The zero-order chi connectivity index (χ0) is 9.35. The molecule has 1 unspecified atom stereocenters. The first-order chi connectivity index (χ1) is 5.45. The van der Waals surface area contributed by atoms with E-state index in [1.54, 1.807) is 0 Å². The number of ether oxygens (including phenoxy) is 2. The fraction of sp³-hybridized carbons (Fsp3) is 0.800. The number of hydrogen-bond donors (Lipinski definition) is 0. The Labute approximate surface area is 103 Å². The molecule has 70 valence electrons. The molecule has 2 atom stereocenters. The van der Waals surface area contributed by atoms with E-state index < -0.39 is 14.5 Å². The molecule has 12 heavy (non-hydrogen) atoms. The standard InChI is InChI=1S/C5H4Br4O3/c6-1-2-3(10)12-4(11-2)5(7,8)9/h2,4H,1H2/t2-,4?/m0/s1. The summed E-state index contributed by atoms with van der Waals surface area (Å²) in [6.45, 7) is 0. The Kier molecular flexibility index (Phi) is 4.05. The summed E-state index contributed by atoms with van der Waals surface area (Å²) in [4.78, 5) is 11.0. The highest BCUT2D eigenvalue weighted by Crippen LogP contribution is 2.41. The van der Waals surface area contributed by atoms with Gasteiger partial charge in [-0.05, 0) is 0 Å².